The molecule has 0 aliphatic heterocycles. The molecule has 0 aromatic carbocycles. The minimum absolute atomic E-state index is 0.153. The third-order valence-electron chi connectivity index (χ3n) is 5.01. The molecule has 0 atom stereocenters. The van der Waals surface area contributed by atoms with Crippen LogP contribution in [-0.4, -0.2) is 38.5 Å². The molecule has 1 amide bonds. The zero-order valence-electron chi connectivity index (χ0n) is 19.0. The fourth-order valence-electron chi connectivity index (χ4n) is 3.70. The minimum Gasteiger partial charge on any atom is -0.459 e. The van der Waals surface area contributed by atoms with Gasteiger partial charge in [0.2, 0.25) is 5.91 Å². The van der Waals surface area contributed by atoms with Crippen molar-refractivity contribution in [2.75, 3.05) is 11.1 Å². The van der Waals surface area contributed by atoms with E-state index in [0.717, 1.165) is 55.2 Å². The van der Waals surface area contributed by atoms with Crippen molar-refractivity contribution in [3.05, 3.63) is 21.8 Å². The third-order valence-corrected chi connectivity index (χ3v) is 7.19. The van der Waals surface area contributed by atoms with Gasteiger partial charge in [-0.15, -0.1) is 21.5 Å². The molecule has 0 radical (unpaired) electrons. The maximum absolute atomic E-state index is 12.8. The van der Waals surface area contributed by atoms with Crippen molar-refractivity contribution in [2.45, 2.75) is 90.4 Å². The van der Waals surface area contributed by atoms with Crippen LogP contribution in [0.1, 0.15) is 86.4 Å². The summed E-state index contributed by atoms with van der Waals surface area (Å²) in [6, 6.07) is 0. The Kier molecular flexibility index (Phi) is 8.16. The van der Waals surface area contributed by atoms with Crippen molar-refractivity contribution in [2.24, 2.45) is 0 Å². The molecule has 1 aliphatic rings. The minimum atomic E-state index is -0.346. The van der Waals surface area contributed by atoms with E-state index in [0.29, 0.717) is 10.6 Å². The number of rotatable bonds is 9. The Balaban J connectivity index is 1.74. The van der Waals surface area contributed by atoms with E-state index in [9.17, 15) is 9.59 Å². The average molecular weight is 465 g/mol. The Morgan fingerprint density at radius 3 is 2.61 bits per heavy atom. The molecule has 0 saturated heterocycles. The van der Waals surface area contributed by atoms with Gasteiger partial charge in [0.15, 0.2) is 5.16 Å². The number of carbonyl (C=O) groups is 2. The molecule has 2 aromatic rings. The number of nitrogens with one attached hydrogen (secondary N) is 1. The van der Waals surface area contributed by atoms with Crippen molar-refractivity contribution >= 4 is 40.0 Å². The smallest absolute Gasteiger partial charge is 0.341 e. The van der Waals surface area contributed by atoms with Crippen molar-refractivity contribution in [1.29, 1.82) is 0 Å². The lowest BCUT2D eigenvalue weighted by Crippen LogP contribution is -2.19. The molecule has 0 bridgehead atoms. The summed E-state index contributed by atoms with van der Waals surface area (Å²) in [5.41, 5.74) is 1.59. The summed E-state index contributed by atoms with van der Waals surface area (Å²) in [5, 5.41) is 12.9. The van der Waals surface area contributed by atoms with Gasteiger partial charge in [0.05, 0.1) is 17.4 Å². The molecule has 31 heavy (non-hydrogen) atoms. The number of ether oxygens (including phenoxy) is 1. The van der Waals surface area contributed by atoms with Crippen LogP contribution in [0.2, 0.25) is 0 Å². The highest BCUT2D eigenvalue weighted by Crippen LogP contribution is 2.39. The number of aryl methyl sites for hydroxylation is 1. The maximum Gasteiger partial charge on any atom is 0.341 e. The van der Waals surface area contributed by atoms with Gasteiger partial charge < -0.3 is 14.6 Å². The van der Waals surface area contributed by atoms with Gasteiger partial charge >= 0.3 is 5.97 Å². The lowest BCUT2D eigenvalue weighted by Gasteiger charge is -2.14. The van der Waals surface area contributed by atoms with Gasteiger partial charge in [-0.1, -0.05) is 32.5 Å². The zero-order valence-corrected chi connectivity index (χ0v) is 20.6. The SMILES string of the molecule is CCCn1c(SCC(=O)Nc2sc3c(c2C(=O)OC(C)C)CCCC3)nnc1C(C)C. The number of hydrogen-bond acceptors (Lipinski definition) is 7. The number of thiophene rings is 1. The molecule has 1 aliphatic carbocycles. The van der Waals surface area contributed by atoms with E-state index in [2.05, 4.69) is 40.9 Å². The molecule has 0 unspecified atom stereocenters. The topological polar surface area (TPSA) is 86.1 Å². The first kappa shape index (κ1) is 23.8. The molecule has 0 spiro atoms. The number of anilines is 1. The van der Waals surface area contributed by atoms with Crippen molar-refractivity contribution in [1.82, 2.24) is 14.8 Å². The van der Waals surface area contributed by atoms with Crippen LogP contribution in [0.25, 0.3) is 0 Å². The standard InChI is InChI=1S/C22H32N4O3S2/c1-6-11-26-19(13(2)3)24-25-22(26)30-12-17(27)23-20-18(21(28)29-14(4)5)15-9-7-8-10-16(15)31-20/h13-14H,6-12H2,1-5H3,(H,23,27). The lowest BCUT2D eigenvalue weighted by atomic mass is 9.95. The highest BCUT2D eigenvalue weighted by Gasteiger charge is 2.28. The predicted octanol–water partition coefficient (Wildman–Crippen LogP) is 5.05. The summed E-state index contributed by atoms with van der Waals surface area (Å²) in [7, 11) is 0. The van der Waals surface area contributed by atoms with Crippen molar-refractivity contribution in [3.8, 4) is 0 Å². The number of fused-ring (bicyclic) bond motifs is 1. The molecule has 170 valence electrons. The fourth-order valence-corrected chi connectivity index (χ4v) is 5.77. The molecular formula is C22H32N4O3S2. The van der Waals surface area contributed by atoms with Crippen LogP contribution in [0.4, 0.5) is 5.00 Å². The van der Waals surface area contributed by atoms with Gasteiger partial charge in [0.25, 0.3) is 0 Å². The highest BCUT2D eigenvalue weighted by molar-refractivity contribution is 7.99. The summed E-state index contributed by atoms with van der Waals surface area (Å²) >= 11 is 2.89. The van der Waals surface area contributed by atoms with E-state index in [-0.39, 0.29) is 29.7 Å². The van der Waals surface area contributed by atoms with Gasteiger partial charge in [-0.05, 0) is 51.5 Å². The van der Waals surface area contributed by atoms with E-state index >= 15 is 0 Å². The summed E-state index contributed by atoms with van der Waals surface area (Å²) in [6.45, 7) is 10.8. The summed E-state index contributed by atoms with van der Waals surface area (Å²) in [5.74, 6) is 0.922. The molecule has 7 nitrogen and oxygen atoms in total. The maximum atomic E-state index is 12.8. The molecule has 3 rings (SSSR count). The van der Waals surface area contributed by atoms with E-state index in [1.807, 2.05) is 13.8 Å². The Hall–Kier alpha value is -1.87. The molecule has 1 N–H and O–H groups in total. The van der Waals surface area contributed by atoms with Gasteiger partial charge in [-0.3, -0.25) is 4.79 Å². The van der Waals surface area contributed by atoms with Gasteiger partial charge in [-0.25, -0.2) is 4.79 Å². The summed E-state index contributed by atoms with van der Waals surface area (Å²) in [4.78, 5) is 26.7. The molecule has 2 heterocycles. The number of esters is 1. The third kappa shape index (κ3) is 5.68. The largest absolute Gasteiger partial charge is 0.459 e. The van der Waals surface area contributed by atoms with Crippen LogP contribution in [0, 0.1) is 0 Å². The second-order valence-electron chi connectivity index (χ2n) is 8.35. The summed E-state index contributed by atoms with van der Waals surface area (Å²) < 4.78 is 7.56. The Labute approximate surface area is 192 Å². The first-order chi connectivity index (χ1) is 14.8. The summed E-state index contributed by atoms with van der Waals surface area (Å²) in [6.07, 6.45) is 4.74. The zero-order chi connectivity index (χ0) is 22.5. The molecule has 2 aromatic heterocycles. The van der Waals surface area contributed by atoms with E-state index in [1.165, 1.54) is 28.0 Å². The molecule has 0 fully saturated rings. The van der Waals surface area contributed by atoms with Crippen LogP contribution >= 0.6 is 23.1 Å². The number of thioether (sulfide) groups is 1. The Morgan fingerprint density at radius 1 is 1.19 bits per heavy atom. The fraction of sp³-hybridized carbons (Fsp3) is 0.636. The van der Waals surface area contributed by atoms with Crippen LogP contribution < -0.4 is 5.32 Å². The van der Waals surface area contributed by atoms with E-state index in [1.54, 1.807) is 0 Å². The van der Waals surface area contributed by atoms with Gasteiger partial charge in [-0.2, -0.15) is 0 Å². The number of hydrogen-bond donors (Lipinski definition) is 1. The predicted molar refractivity (Wildman–Crippen MR) is 125 cm³/mol. The second-order valence-corrected chi connectivity index (χ2v) is 10.4. The first-order valence-corrected chi connectivity index (χ1v) is 12.8. The number of carbonyl (C=O) groups excluding carboxylic acids is 2. The number of aromatic nitrogens is 3. The lowest BCUT2D eigenvalue weighted by molar-refractivity contribution is -0.113. The molecule has 0 saturated carbocycles. The number of nitrogens with zero attached hydrogens (tertiary/aromatic N) is 3. The van der Waals surface area contributed by atoms with Crippen LogP contribution in [-0.2, 0) is 28.9 Å². The quantitative estimate of drug-likeness (QED) is 0.413. The Morgan fingerprint density at radius 2 is 1.94 bits per heavy atom. The first-order valence-electron chi connectivity index (χ1n) is 11.0. The van der Waals surface area contributed by atoms with E-state index in [4.69, 9.17) is 4.74 Å². The van der Waals surface area contributed by atoms with Crippen LogP contribution in [0.5, 0.6) is 0 Å². The van der Waals surface area contributed by atoms with Crippen molar-refractivity contribution in [3.63, 3.8) is 0 Å². The van der Waals surface area contributed by atoms with Crippen molar-refractivity contribution < 1.29 is 14.3 Å². The highest BCUT2D eigenvalue weighted by atomic mass is 32.2. The van der Waals surface area contributed by atoms with E-state index < -0.39 is 0 Å². The van der Waals surface area contributed by atoms with Gasteiger partial charge in [0.1, 0.15) is 10.8 Å². The second kappa shape index (κ2) is 10.6. The molecular weight excluding hydrogens is 432 g/mol. The van der Waals surface area contributed by atoms with Crippen LogP contribution in [0.3, 0.4) is 0 Å². The van der Waals surface area contributed by atoms with Gasteiger partial charge in [0, 0.05) is 17.3 Å². The monoisotopic (exact) mass is 464 g/mol. The Bertz CT molecular complexity index is 934. The number of amides is 1. The van der Waals surface area contributed by atoms with Crippen LogP contribution in [0.15, 0.2) is 5.16 Å². The normalized spacial score (nSPS) is 13.5. The average Bonchev–Trinajstić information content (AvgIpc) is 3.27. The molecule has 9 heteroatoms.